The highest BCUT2D eigenvalue weighted by Crippen LogP contribution is 2.32. The van der Waals surface area contributed by atoms with Crippen molar-refractivity contribution >= 4 is 11.8 Å². The fourth-order valence-corrected chi connectivity index (χ4v) is 2.83. The largest absolute Gasteiger partial charge is 0.308 e. The highest BCUT2D eigenvalue weighted by molar-refractivity contribution is 7.99. The lowest BCUT2D eigenvalue weighted by Crippen LogP contribution is -2.35. The van der Waals surface area contributed by atoms with Gasteiger partial charge in [0.2, 0.25) is 0 Å². The van der Waals surface area contributed by atoms with E-state index in [1.807, 2.05) is 32.9 Å². The molecule has 0 aliphatic carbocycles. The van der Waals surface area contributed by atoms with Gasteiger partial charge in [0.1, 0.15) is 11.6 Å². The van der Waals surface area contributed by atoms with Gasteiger partial charge in [0, 0.05) is 27.4 Å². The molecule has 2 aromatic rings. The summed E-state index contributed by atoms with van der Waals surface area (Å²) in [6, 6.07) is 11.3. The summed E-state index contributed by atoms with van der Waals surface area (Å²) in [6.45, 7) is 6.54. The molecule has 0 amide bonds. The van der Waals surface area contributed by atoms with Crippen LogP contribution in [0.4, 0.5) is 8.78 Å². The molecule has 0 heterocycles. The molecule has 2 aromatic carbocycles. The Kier molecular flexibility index (Phi) is 5.01. The average Bonchev–Trinajstić information content (AvgIpc) is 2.37. The second kappa shape index (κ2) is 6.58. The van der Waals surface area contributed by atoms with Gasteiger partial charge in [-0.15, -0.1) is 0 Å². The molecule has 4 heteroatoms. The van der Waals surface area contributed by atoms with Crippen LogP contribution in [-0.4, -0.2) is 5.54 Å². The summed E-state index contributed by atoms with van der Waals surface area (Å²) < 4.78 is 27.3. The number of nitrogens with one attached hydrogen (secondary N) is 1. The Morgan fingerprint density at radius 1 is 1.05 bits per heavy atom. The number of halogens is 2. The van der Waals surface area contributed by atoms with Crippen molar-refractivity contribution in [1.82, 2.24) is 5.32 Å². The molecular formula is C17H19F2NS. The predicted molar refractivity (Wildman–Crippen MR) is 83.5 cm³/mol. The topological polar surface area (TPSA) is 12.0 Å². The summed E-state index contributed by atoms with van der Waals surface area (Å²) >= 11 is 1.37. The molecular weight excluding hydrogens is 288 g/mol. The zero-order valence-electron chi connectivity index (χ0n) is 12.4. The highest BCUT2D eigenvalue weighted by Gasteiger charge is 2.14. The second-order valence-electron chi connectivity index (χ2n) is 5.88. The summed E-state index contributed by atoms with van der Waals surface area (Å²) in [4.78, 5) is 1.56. The molecule has 0 aliphatic heterocycles. The van der Waals surface area contributed by atoms with Crippen LogP contribution in [0.5, 0.6) is 0 Å². The Balaban J connectivity index is 2.25. The van der Waals surface area contributed by atoms with Gasteiger partial charge in [-0.1, -0.05) is 23.9 Å². The van der Waals surface area contributed by atoms with Gasteiger partial charge in [-0.2, -0.15) is 0 Å². The Morgan fingerprint density at radius 3 is 2.43 bits per heavy atom. The van der Waals surface area contributed by atoms with Crippen molar-refractivity contribution in [2.75, 3.05) is 0 Å². The van der Waals surface area contributed by atoms with Crippen LogP contribution >= 0.6 is 11.8 Å². The fraction of sp³-hybridized carbons (Fsp3) is 0.294. The van der Waals surface area contributed by atoms with Crippen molar-refractivity contribution in [3.63, 3.8) is 0 Å². The maximum Gasteiger partial charge on any atom is 0.128 e. The first-order chi connectivity index (χ1) is 9.85. The van der Waals surface area contributed by atoms with E-state index >= 15 is 0 Å². The molecule has 2 rings (SSSR count). The molecule has 0 unspecified atom stereocenters. The van der Waals surface area contributed by atoms with Crippen LogP contribution in [0.15, 0.2) is 52.3 Å². The third-order valence-corrected chi connectivity index (χ3v) is 3.99. The van der Waals surface area contributed by atoms with E-state index in [4.69, 9.17) is 0 Å². The Bertz CT molecular complexity index is 620. The van der Waals surface area contributed by atoms with Crippen molar-refractivity contribution < 1.29 is 8.78 Å². The number of hydrogen-bond donors (Lipinski definition) is 1. The van der Waals surface area contributed by atoms with Gasteiger partial charge < -0.3 is 5.32 Å². The smallest absolute Gasteiger partial charge is 0.128 e. The Morgan fingerprint density at radius 2 is 1.76 bits per heavy atom. The van der Waals surface area contributed by atoms with Crippen LogP contribution in [0, 0.1) is 11.6 Å². The van der Waals surface area contributed by atoms with Crippen molar-refractivity contribution in [3.05, 3.63) is 59.7 Å². The summed E-state index contributed by atoms with van der Waals surface area (Å²) in [6.07, 6.45) is 0. The van der Waals surface area contributed by atoms with E-state index in [0.29, 0.717) is 12.1 Å². The summed E-state index contributed by atoms with van der Waals surface area (Å²) in [5, 5.41) is 3.29. The summed E-state index contributed by atoms with van der Waals surface area (Å²) in [7, 11) is 0. The molecule has 112 valence electrons. The monoisotopic (exact) mass is 307 g/mol. The van der Waals surface area contributed by atoms with Gasteiger partial charge >= 0.3 is 0 Å². The van der Waals surface area contributed by atoms with Crippen LogP contribution in [0.2, 0.25) is 0 Å². The third kappa shape index (κ3) is 4.83. The maximum absolute atomic E-state index is 14.1. The van der Waals surface area contributed by atoms with E-state index in [0.717, 1.165) is 9.79 Å². The van der Waals surface area contributed by atoms with E-state index in [2.05, 4.69) is 5.32 Å². The Labute approximate surface area is 128 Å². The molecule has 0 bridgehead atoms. The first-order valence-corrected chi connectivity index (χ1v) is 7.63. The second-order valence-corrected chi connectivity index (χ2v) is 6.99. The standard InChI is InChI=1S/C17H19F2NS/c1-17(2,3)20-11-14-15(19)8-5-9-16(14)21-13-7-4-6-12(18)10-13/h4-10,20H,11H2,1-3H3. The minimum absolute atomic E-state index is 0.0942. The quantitative estimate of drug-likeness (QED) is 0.852. The van der Waals surface area contributed by atoms with Crippen molar-refractivity contribution in [1.29, 1.82) is 0 Å². The van der Waals surface area contributed by atoms with Gasteiger partial charge in [0.25, 0.3) is 0 Å². The highest BCUT2D eigenvalue weighted by atomic mass is 32.2. The molecule has 1 nitrogen and oxygen atoms in total. The molecule has 0 aliphatic rings. The van der Waals surface area contributed by atoms with Crippen LogP contribution in [0.3, 0.4) is 0 Å². The normalized spacial score (nSPS) is 11.7. The van der Waals surface area contributed by atoms with E-state index in [9.17, 15) is 8.78 Å². The van der Waals surface area contributed by atoms with Crippen molar-refractivity contribution in [2.24, 2.45) is 0 Å². The van der Waals surface area contributed by atoms with E-state index < -0.39 is 0 Å². The molecule has 0 atom stereocenters. The first kappa shape index (κ1) is 16.0. The summed E-state index contributed by atoms with van der Waals surface area (Å²) in [5.74, 6) is -0.529. The van der Waals surface area contributed by atoms with Gasteiger partial charge in [0.15, 0.2) is 0 Å². The average molecular weight is 307 g/mol. The molecule has 0 spiro atoms. The van der Waals surface area contributed by atoms with E-state index in [-0.39, 0.29) is 17.2 Å². The maximum atomic E-state index is 14.1. The number of benzene rings is 2. The Hall–Kier alpha value is -1.39. The van der Waals surface area contributed by atoms with E-state index in [1.54, 1.807) is 12.1 Å². The molecule has 0 fully saturated rings. The molecule has 0 saturated heterocycles. The predicted octanol–water partition coefficient (Wildman–Crippen LogP) is 5.00. The van der Waals surface area contributed by atoms with Gasteiger partial charge in [-0.3, -0.25) is 0 Å². The number of hydrogen-bond acceptors (Lipinski definition) is 2. The lowest BCUT2D eigenvalue weighted by molar-refractivity contribution is 0.416. The lowest BCUT2D eigenvalue weighted by atomic mass is 10.1. The first-order valence-electron chi connectivity index (χ1n) is 6.81. The molecule has 0 radical (unpaired) electrons. The van der Waals surface area contributed by atoms with Crippen molar-refractivity contribution in [2.45, 2.75) is 42.6 Å². The molecule has 0 aromatic heterocycles. The minimum atomic E-state index is -0.286. The minimum Gasteiger partial charge on any atom is -0.308 e. The van der Waals surface area contributed by atoms with Crippen LogP contribution in [0.25, 0.3) is 0 Å². The summed E-state index contributed by atoms with van der Waals surface area (Å²) in [5.41, 5.74) is 0.518. The van der Waals surface area contributed by atoms with E-state index in [1.165, 1.54) is 30.0 Å². The lowest BCUT2D eigenvalue weighted by Gasteiger charge is -2.21. The van der Waals surface area contributed by atoms with Crippen molar-refractivity contribution in [3.8, 4) is 0 Å². The van der Waals surface area contributed by atoms with Gasteiger partial charge in [-0.05, 0) is 51.1 Å². The molecule has 0 saturated carbocycles. The third-order valence-electron chi connectivity index (χ3n) is 2.90. The van der Waals surface area contributed by atoms with Crippen LogP contribution in [0.1, 0.15) is 26.3 Å². The van der Waals surface area contributed by atoms with Gasteiger partial charge in [-0.25, -0.2) is 8.78 Å². The molecule has 1 N–H and O–H groups in total. The van der Waals surface area contributed by atoms with Crippen LogP contribution < -0.4 is 5.32 Å². The zero-order chi connectivity index (χ0) is 15.5. The van der Waals surface area contributed by atoms with Gasteiger partial charge in [0.05, 0.1) is 0 Å². The molecule has 21 heavy (non-hydrogen) atoms. The fourth-order valence-electron chi connectivity index (χ4n) is 1.82. The zero-order valence-corrected chi connectivity index (χ0v) is 13.2. The number of rotatable bonds is 4. The van der Waals surface area contributed by atoms with Crippen LogP contribution in [-0.2, 0) is 6.54 Å². The SMILES string of the molecule is CC(C)(C)NCc1c(F)cccc1Sc1cccc(F)c1.